The number of nitrogens with zero attached hydrogens (tertiary/aromatic N) is 1. The number of hydrogen-bond donors (Lipinski definition) is 1. The van der Waals surface area contributed by atoms with Gasteiger partial charge in [-0.05, 0) is 0 Å². The van der Waals surface area contributed by atoms with E-state index in [1.807, 2.05) is 0 Å². The third-order valence-corrected chi connectivity index (χ3v) is 1.80. The topological polar surface area (TPSA) is 53.4 Å². The van der Waals surface area contributed by atoms with Crippen molar-refractivity contribution in [3.05, 3.63) is 12.7 Å². The van der Waals surface area contributed by atoms with E-state index in [0.29, 0.717) is 0 Å². The molecule has 0 rings (SSSR count). The van der Waals surface area contributed by atoms with E-state index >= 15 is 0 Å². The number of alkyl halides is 2. The lowest BCUT2D eigenvalue weighted by Gasteiger charge is -2.21. The molecule has 0 aromatic heterocycles. The molecular formula is C8H12Cl2N2O2. The first-order chi connectivity index (χ1) is 6.52. The maximum absolute atomic E-state index is 11.3. The van der Waals surface area contributed by atoms with Gasteiger partial charge in [-0.2, -0.15) is 0 Å². The number of carbonyl (C=O) groups excluding carboxylic acids is 1. The summed E-state index contributed by atoms with van der Waals surface area (Å²) in [6, 6.07) is 0. The van der Waals surface area contributed by atoms with E-state index in [1.165, 1.54) is 18.1 Å². The molecule has 0 aromatic carbocycles. The molecule has 0 aliphatic carbocycles. The number of methoxy groups -OCH3 is 1. The Balaban J connectivity index is 4.35. The molecule has 0 radical (unpaired) electrons. The Labute approximate surface area is 92.9 Å². The van der Waals surface area contributed by atoms with E-state index < -0.39 is 10.7 Å². The summed E-state index contributed by atoms with van der Waals surface area (Å²) in [7, 11) is 1.36. The number of ether oxygens (including phenoxy) is 1. The fourth-order valence-corrected chi connectivity index (χ4v) is 1.04. The molecule has 1 amide bonds. The largest absolute Gasteiger partial charge is 0.483 e. The molecule has 0 aliphatic heterocycles. The van der Waals surface area contributed by atoms with Gasteiger partial charge in [0.15, 0.2) is 10.7 Å². The quantitative estimate of drug-likeness (QED) is 0.341. The highest BCUT2D eigenvalue weighted by atomic mass is 35.5. The van der Waals surface area contributed by atoms with Crippen LogP contribution in [0.5, 0.6) is 0 Å². The first kappa shape index (κ1) is 13.3. The van der Waals surface area contributed by atoms with E-state index in [2.05, 4.69) is 11.3 Å². The Morgan fingerprint density at radius 3 is 2.64 bits per heavy atom. The minimum Gasteiger partial charge on any atom is -0.483 e. The van der Waals surface area contributed by atoms with Crippen molar-refractivity contribution in [3.63, 3.8) is 0 Å². The molecule has 0 aromatic rings. The Morgan fingerprint density at radius 2 is 2.29 bits per heavy atom. The lowest BCUT2D eigenvalue weighted by Crippen LogP contribution is -2.39. The highest BCUT2D eigenvalue weighted by Gasteiger charge is 2.20. The average molecular weight is 239 g/mol. The minimum absolute atomic E-state index is 0.0332. The van der Waals surface area contributed by atoms with Crippen LogP contribution in [0.3, 0.4) is 0 Å². The predicted octanol–water partition coefficient (Wildman–Crippen LogP) is 1.43. The molecule has 0 atom stereocenters. The zero-order valence-electron chi connectivity index (χ0n) is 7.80. The third kappa shape index (κ3) is 4.48. The van der Waals surface area contributed by atoms with Gasteiger partial charge in [-0.3, -0.25) is 10.2 Å². The van der Waals surface area contributed by atoms with Gasteiger partial charge in [-0.15, -0.1) is 6.58 Å². The number of nitrogens with one attached hydrogen (secondary N) is 1. The highest BCUT2D eigenvalue weighted by Crippen LogP contribution is 2.07. The molecule has 0 saturated heterocycles. The predicted molar refractivity (Wildman–Crippen MR) is 57.0 cm³/mol. The molecule has 0 unspecified atom stereocenters. The Morgan fingerprint density at radius 1 is 1.71 bits per heavy atom. The molecule has 4 nitrogen and oxygen atoms in total. The van der Waals surface area contributed by atoms with Crippen molar-refractivity contribution >= 4 is 35.0 Å². The van der Waals surface area contributed by atoms with Crippen LogP contribution in [-0.2, 0) is 9.53 Å². The first-order valence-electron chi connectivity index (χ1n) is 3.82. The van der Waals surface area contributed by atoms with Gasteiger partial charge < -0.3 is 9.64 Å². The number of amides is 1. The zero-order valence-corrected chi connectivity index (χ0v) is 9.31. The molecule has 14 heavy (non-hydrogen) atoms. The molecule has 0 aliphatic rings. The van der Waals surface area contributed by atoms with Gasteiger partial charge in [-0.25, -0.2) is 0 Å². The van der Waals surface area contributed by atoms with Crippen LogP contribution >= 0.6 is 23.2 Å². The third-order valence-electron chi connectivity index (χ3n) is 1.43. The zero-order chi connectivity index (χ0) is 11.1. The summed E-state index contributed by atoms with van der Waals surface area (Å²) in [5.74, 6) is -0.496. The van der Waals surface area contributed by atoms with Crippen molar-refractivity contribution in [2.75, 3.05) is 20.2 Å². The summed E-state index contributed by atoms with van der Waals surface area (Å²) in [5, 5.41) is 7.24. The van der Waals surface area contributed by atoms with Crippen LogP contribution in [0.15, 0.2) is 12.7 Å². The van der Waals surface area contributed by atoms with Crippen molar-refractivity contribution in [2.24, 2.45) is 0 Å². The maximum atomic E-state index is 11.3. The number of halogens is 2. The van der Waals surface area contributed by atoms with Crippen LogP contribution in [-0.4, -0.2) is 41.7 Å². The summed E-state index contributed by atoms with van der Waals surface area (Å²) in [5.41, 5.74) is 0. The molecule has 0 heterocycles. The smallest absolute Gasteiger partial charge is 0.256 e. The minimum atomic E-state index is -1.13. The molecule has 1 N–H and O–H groups in total. The van der Waals surface area contributed by atoms with E-state index in [9.17, 15) is 4.79 Å². The summed E-state index contributed by atoms with van der Waals surface area (Å²) in [6.45, 7) is 3.80. The monoisotopic (exact) mass is 238 g/mol. The van der Waals surface area contributed by atoms with Gasteiger partial charge in [0.05, 0.1) is 13.7 Å². The Kier molecular flexibility index (Phi) is 6.32. The van der Waals surface area contributed by atoms with Crippen molar-refractivity contribution < 1.29 is 9.53 Å². The van der Waals surface area contributed by atoms with Crippen molar-refractivity contribution in [2.45, 2.75) is 4.84 Å². The van der Waals surface area contributed by atoms with Gasteiger partial charge in [0, 0.05) is 6.54 Å². The summed E-state index contributed by atoms with van der Waals surface area (Å²) in [4.78, 5) is 11.5. The van der Waals surface area contributed by atoms with Gasteiger partial charge in [-0.1, -0.05) is 29.3 Å². The lowest BCUT2D eigenvalue weighted by molar-refractivity contribution is -0.128. The Bertz CT molecular complexity index is 231. The van der Waals surface area contributed by atoms with Crippen LogP contribution in [0.25, 0.3) is 0 Å². The number of hydrogen-bond acceptors (Lipinski definition) is 3. The maximum Gasteiger partial charge on any atom is 0.256 e. The van der Waals surface area contributed by atoms with Gasteiger partial charge in [0.2, 0.25) is 0 Å². The second-order valence-corrected chi connectivity index (χ2v) is 3.53. The first-order valence-corrected chi connectivity index (χ1v) is 4.69. The Hall–Kier alpha value is -0.740. The fourth-order valence-electron chi connectivity index (χ4n) is 0.764. The SMILES string of the molecule is C=CCN(CC(=N)OC)C(=O)C(Cl)Cl. The molecule has 0 saturated carbocycles. The van der Waals surface area contributed by atoms with Crippen molar-refractivity contribution in [1.29, 1.82) is 5.41 Å². The molecule has 80 valence electrons. The summed E-state index contributed by atoms with van der Waals surface area (Å²) < 4.78 is 4.63. The van der Waals surface area contributed by atoms with E-state index in [4.69, 9.17) is 28.6 Å². The normalized spacial score (nSPS) is 9.71. The number of carbonyl (C=O) groups is 1. The van der Waals surface area contributed by atoms with Crippen molar-refractivity contribution in [1.82, 2.24) is 4.90 Å². The highest BCUT2D eigenvalue weighted by molar-refractivity contribution is 6.53. The standard InChI is InChI=1S/C8H12Cl2N2O2/c1-3-4-12(5-6(11)14-2)8(13)7(9)10/h3,7,11H,1,4-5H2,2H3. The second-order valence-electron chi connectivity index (χ2n) is 2.44. The van der Waals surface area contributed by atoms with Crippen LogP contribution in [0.1, 0.15) is 0 Å². The van der Waals surface area contributed by atoms with E-state index in [0.717, 1.165) is 0 Å². The van der Waals surface area contributed by atoms with E-state index in [1.54, 1.807) is 0 Å². The van der Waals surface area contributed by atoms with Gasteiger partial charge >= 0.3 is 0 Å². The van der Waals surface area contributed by atoms with Crippen LogP contribution in [0.4, 0.5) is 0 Å². The molecule has 0 fully saturated rings. The average Bonchev–Trinajstić information content (AvgIpc) is 2.15. The lowest BCUT2D eigenvalue weighted by atomic mass is 10.4. The van der Waals surface area contributed by atoms with Crippen LogP contribution in [0, 0.1) is 5.41 Å². The second kappa shape index (κ2) is 6.68. The van der Waals surface area contributed by atoms with Crippen LogP contribution in [0.2, 0.25) is 0 Å². The van der Waals surface area contributed by atoms with E-state index in [-0.39, 0.29) is 19.0 Å². The summed E-state index contributed by atoms with van der Waals surface area (Å²) in [6.07, 6.45) is 1.52. The number of rotatable bonds is 5. The molecule has 0 bridgehead atoms. The molecule has 6 heteroatoms. The molecule has 0 spiro atoms. The van der Waals surface area contributed by atoms with Crippen molar-refractivity contribution in [3.8, 4) is 0 Å². The summed E-state index contributed by atoms with van der Waals surface area (Å²) >= 11 is 10.8. The van der Waals surface area contributed by atoms with Gasteiger partial charge in [0.25, 0.3) is 5.91 Å². The van der Waals surface area contributed by atoms with Crippen LogP contribution < -0.4 is 0 Å². The fraction of sp³-hybridized carbons (Fsp3) is 0.500. The van der Waals surface area contributed by atoms with Gasteiger partial charge in [0.1, 0.15) is 0 Å². The molecular weight excluding hydrogens is 227 g/mol.